The van der Waals surface area contributed by atoms with Gasteiger partial charge >= 0.3 is 0 Å². The number of nitrogens with one attached hydrogen (secondary N) is 2. The molecule has 2 heterocycles. The van der Waals surface area contributed by atoms with Gasteiger partial charge in [-0.1, -0.05) is 12.1 Å². The smallest absolute Gasteiger partial charge is 0.293 e. The van der Waals surface area contributed by atoms with E-state index < -0.39 is 5.91 Å². The van der Waals surface area contributed by atoms with E-state index in [1.54, 1.807) is 36.7 Å². The van der Waals surface area contributed by atoms with Crippen molar-refractivity contribution in [3.8, 4) is 11.3 Å². The number of hydrogen-bond acceptors (Lipinski definition) is 4. The standard InChI is InChI=1S/C19H17N3O2S/c1-12-5-6-14(10-13(12)2)16-7-8-17(24-16)18(23)22-19(25)21-15-4-3-9-20-11-15/h3-11H,1-2H3,(H2,21,22,23,25). The topological polar surface area (TPSA) is 67.2 Å². The molecule has 126 valence electrons. The zero-order chi connectivity index (χ0) is 17.8. The van der Waals surface area contributed by atoms with Gasteiger partial charge in [-0.3, -0.25) is 15.1 Å². The van der Waals surface area contributed by atoms with Gasteiger partial charge < -0.3 is 9.73 Å². The molecule has 25 heavy (non-hydrogen) atoms. The first-order valence-corrected chi connectivity index (χ1v) is 8.13. The summed E-state index contributed by atoms with van der Waals surface area (Å²) in [7, 11) is 0. The Hall–Kier alpha value is -2.99. The van der Waals surface area contributed by atoms with Gasteiger partial charge in [0.2, 0.25) is 0 Å². The number of amides is 1. The fourth-order valence-corrected chi connectivity index (χ4v) is 2.48. The number of hydrogen-bond donors (Lipinski definition) is 2. The number of pyridine rings is 1. The van der Waals surface area contributed by atoms with Crippen LogP contribution < -0.4 is 10.6 Å². The summed E-state index contributed by atoms with van der Waals surface area (Å²) in [6.07, 6.45) is 3.27. The molecule has 3 rings (SSSR count). The molecule has 0 radical (unpaired) electrons. The second-order valence-electron chi connectivity index (χ2n) is 5.61. The Balaban J connectivity index is 1.68. The summed E-state index contributed by atoms with van der Waals surface area (Å²) in [5, 5.41) is 5.66. The summed E-state index contributed by atoms with van der Waals surface area (Å²) in [6.45, 7) is 4.09. The van der Waals surface area contributed by atoms with Crippen molar-refractivity contribution in [2.75, 3.05) is 5.32 Å². The fraction of sp³-hybridized carbons (Fsp3) is 0.105. The van der Waals surface area contributed by atoms with Crippen LogP contribution in [0.5, 0.6) is 0 Å². The first-order valence-electron chi connectivity index (χ1n) is 7.73. The number of aromatic nitrogens is 1. The van der Waals surface area contributed by atoms with E-state index in [4.69, 9.17) is 16.6 Å². The van der Waals surface area contributed by atoms with Crippen LogP contribution in [-0.2, 0) is 0 Å². The van der Waals surface area contributed by atoms with Crippen molar-refractivity contribution in [2.24, 2.45) is 0 Å². The van der Waals surface area contributed by atoms with Gasteiger partial charge in [0.05, 0.1) is 11.9 Å². The molecule has 2 N–H and O–H groups in total. The molecule has 0 aliphatic heterocycles. The number of carbonyl (C=O) groups excluding carboxylic acids is 1. The van der Waals surface area contributed by atoms with Crippen molar-refractivity contribution in [3.63, 3.8) is 0 Å². The summed E-state index contributed by atoms with van der Waals surface area (Å²) >= 11 is 5.13. The molecule has 0 aliphatic rings. The average Bonchev–Trinajstić information content (AvgIpc) is 3.08. The van der Waals surface area contributed by atoms with Gasteiger partial charge in [-0.05, 0) is 67.5 Å². The average molecular weight is 351 g/mol. The maximum Gasteiger partial charge on any atom is 0.293 e. The Bertz CT molecular complexity index is 919. The number of rotatable bonds is 3. The van der Waals surface area contributed by atoms with Crippen LogP contribution in [0.15, 0.2) is 59.3 Å². The Labute approximate surface area is 151 Å². The molecule has 0 saturated heterocycles. The predicted octanol–water partition coefficient (Wildman–Crippen LogP) is 4.09. The summed E-state index contributed by atoms with van der Waals surface area (Å²) in [5.74, 6) is 0.430. The van der Waals surface area contributed by atoms with Crippen LogP contribution in [0.4, 0.5) is 5.69 Å². The van der Waals surface area contributed by atoms with Crippen molar-refractivity contribution >= 4 is 28.9 Å². The van der Waals surface area contributed by atoms with E-state index in [-0.39, 0.29) is 10.9 Å². The summed E-state index contributed by atoms with van der Waals surface area (Å²) in [5.41, 5.74) is 4.00. The van der Waals surface area contributed by atoms with Gasteiger partial charge in [0.15, 0.2) is 10.9 Å². The summed E-state index contributed by atoms with van der Waals surface area (Å²) < 4.78 is 5.67. The Morgan fingerprint density at radius 2 is 1.96 bits per heavy atom. The van der Waals surface area contributed by atoms with Crippen LogP contribution >= 0.6 is 12.2 Å². The third-order valence-electron chi connectivity index (χ3n) is 3.77. The fourth-order valence-electron chi connectivity index (χ4n) is 2.27. The largest absolute Gasteiger partial charge is 0.451 e. The lowest BCUT2D eigenvalue weighted by molar-refractivity contribution is 0.0951. The van der Waals surface area contributed by atoms with Gasteiger partial charge in [0.1, 0.15) is 5.76 Å². The van der Waals surface area contributed by atoms with Crippen LogP contribution in [-0.4, -0.2) is 16.0 Å². The zero-order valence-corrected chi connectivity index (χ0v) is 14.7. The second-order valence-corrected chi connectivity index (χ2v) is 6.02. The number of thiocarbonyl (C=S) groups is 1. The van der Waals surface area contributed by atoms with Crippen molar-refractivity contribution in [1.29, 1.82) is 0 Å². The molecule has 0 spiro atoms. The molecule has 0 bridgehead atoms. The molecule has 3 aromatic rings. The zero-order valence-electron chi connectivity index (χ0n) is 13.9. The van der Waals surface area contributed by atoms with Crippen LogP contribution in [0, 0.1) is 13.8 Å². The number of carbonyl (C=O) groups is 1. The molecule has 1 aromatic carbocycles. The molecule has 6 heteroatoms. The third-order valence-corrected chi connectivity index (χ3v) is 3.97. The lowest BCUT2D eigenvalue weighted by atomic mass is 10.1. The molecule has 0 aliphatic carbocycles. The molecular weight excluding hydrogens is 334 g/mol. The van der Waals surface area contributed by atoms with E-state index in [1.807, 2.05) is 25.1 Å². The van der Waals surface area contributed by atoms with Gasteiger partial charge in [-0.25, -0.2) is 0 Å². The lowest BCUT2D eigenvalue weighted by Gasteiger charge is -2.07. The molecule has 0 fully saturated rings. The highest BCUT2D eigenvalue weighted by Gasteiger charge is 2.14. The number of furan rings is 1. The van der Waals surface area contributed by atoms with E-state index >= 15 is 0 Å². The highest BCUT2D eigenvalue weighted by Crippen LogP contribution is 2.24. The highest BCUT2D eigenvalue weighted by atomic mass is 32.1. The Kier molecular flexibility index (Phi) is 4.90. The first kappa shape index (κ1) is 16.9. The van der Waals surface area contributed by atoms with Gasteiger partial charge in [0, 0.05) is 11.8 Å². The van der Waals surface area contributed by atoms with E-state index in [0.717, 1.165) is 5.56 Å². The minimum absolute atomic E-state index is 0.183. The summed E-state index contributed by atoms with van der Waals surface area (Å²) in [6, 6.07) is 13.0. The molecule has 0 unspecified atom stereocenters. The van der Waals surface area contributed by atoms with Gasteiger partial charge in [0.25, 0.3) is 5.91 Å². The summed E-state index contributed by atoms with van der Waals surface area (Å²) in [4.78, 5) is 16.2. The monoisotopic (exact) mass is 351 g/mol. The van der Waals surface area contributed by atoms with E-state index in [1.165, 1.54) is 11.1 Å². The Morgan fingerprint density at radius 1 is 1.12 bits per heavy atom. The molecule has 2 aromatic heterocycles. The van der Waals surface area contributed by atoms with Crippen molar-refractivity contribution in [3.05, 3.63) is 71.7 Å². The number of benzene rings is 1. The molecule has 5 nitrogen and oxygen atoms in total. The Morgan fingerprint density at radius 3 is 2.68 bits per heavy atom. The number of nitrogens with zero attached hydrogens (tertiary/aromatic N) is 1. The molecule has 1 amide bonds. The van der Waals surface area contributed by atoms with E-state index in [2.05, 4.69) is 22.5 Å². The first-order chi connectivity index (χ1) is 12.0. The van der Waals surface area contributed by atoms with E-state index in [9.17, 15) is 4.79 Å². The quantitative estimate of drug-likeness (QED) is 0.696. The van der Waals surface area contributed by atoms with Crippen molar-refractivity contribution in [2.45, 2.75) is 13.8 Å². The molecule has 0 atom stereocenters. The minimum atomic E-state index is -0.406. The van der Waals surface area contributed by atoms with Gasteiger partial charge in [-0.15, -0.1) is 0 Å². The van der Waals surface area contributed by atoms with Crippen LogP contribution in [0.2, 0.25) is 0 Å². The maximum atomic E-state index is 12.3. The third kappa shape index (κ3) is 4.10. The lowest BCUT2D eigenvalue weighted by Crippen LogP contribution is -2.33. The SMILES string of the molecule is Cc1ccc(-c2ccc(C(=O)NC(=S)Nc3cccnc3)o2)cc1C. The normalized spacial score (nSPS) is 10.3. The molecular formula is C19H17N3O2S. The number of anilines is 1. The van der Waals surface area contributed by atoms with Crippen molar-refractivity contribution < 1.29 is 9.21 Å². The maximum absolute atomic E-state index is 12.3. The minimum Gasteiger partial charge on any atom is -0.451 e. The predicted molar refractivity (Wildman–Crippen MR) is 102 cm³/mol. The van der Waals surface area contributed by atoms with E-state index in [0.29, 0.717) is 11.4 Å². The van der Waals surface area contributed by atoms with Crippen LogP contribution in [0.3, 0.4) is 0 Å². The number of aryl methyl sites for hydroxylation is 2. The second kappa shape index (κ2) is 7.27. The highest BCUT2D eigenvalue weighted by molar-refractivity contribution is 7.80. The molecule has 0 saturated carbocycles. The van der Waals surface area contributed by atoms with Crippen LogP contribution in [0.1, 0.15) is 21.7 Å². The van der Waals surface area contributed by atoms with Crippen molar-refractivity contribution in [1.82, 2.24) is 10.3 Å². The van der Waals surface area contributed by atoms with Gasteiger partial charge in [-0.2, -0.15) is 0 Å². The van der Waals surface area contributed by atoms with Crippen LogP contribution in [0.25, 0.3) is 11.3 Å².